The van der Waals surface area contributed by atoms with Gasteiger partial charge in [0.05, 0.1) is 17.6 Å². The summed E-state index contributed by atoms with van der Waals surface area (Å²) in [7, 11) is 2.01. The van der Waals surface area contributed by atoms with E-state index in [2.05, 4.69) is 60.9 Å². The molecule has 0 spiro atoms. The second-order valence-electron chi connectivity index (χ2n) is 9.07. The molecule has 2 fully saturated rings. The summed E-state index contributed by atoms with van der Waals surface area (Å²) in [5, 5.41) is 6.50. The molecule has 0 unspecified atom stereocenters. The molecule has 9 nitrogen and oxygen atoms in total. The lowest BCUT2D eigenvalue weighted by atomic mass is 9.89. The van der Waals surface area contributed by atoms with Gasteiger partial charge in [0.2, 0.25) is 5.95 Å². The van der Waals surface area contributed by atoms with Gasteiger partial charge in [-0.15, -0.1) is 0 Å². The summed E-state index contributed by atoms with van der Waals surface area (Å²) < 4.78 is 2.00. The van der Waals surface area contributed by atoms with E-state index in [1.807, 2.05) is 17.9 Å². The number of aromatic nitrogens is 4. The molecule has 3 aromatic rings. The molecule has 5 rings (SSSR count). The molecule has 1 saturated carbocycles. The molecule has 9 heteroatoms. The van der Waals surface area contributed by atoms with Crippen LogP contribution in [0.5, 0.6) is 0 Å². The molecule has 3 heterocycles. The summed E-state index contributed by atoms with van der Waals surface area (Å²) in [6, 6.07) is 8.86. The molecule has 1 saturated heterocycles. The SMILES string of the molecule is Cn1cnc(CN2CCC(c3ccc(Nc4ncc(C(N)=O)c(NC5CC5)n4)cc3)CC2)c1. The lowest BCUT2D eigenvalue weighted by Gasteiger charge is -2.31. The fourth-order valence-corrected chi connectivity index (χ4v) is 4.32. The Kier molecular flexibility index (Phi) is 5.95. The minimum atomic E-state index is -0.528. The maximum absolute atomic E-state index is 11.7. The normalized spacial score (nSPS) is 17.1. The first-order valence-corrected chi connectivity index (χ1v) is 11.5. The number of nitrogens with two attached hydrogens (primary N) is 1. The van der Waals surface area contributed by atoms with Crippen molar-refractivity contribution in [1.82, 2.24) is 24.4 Å². The third-order valence-corrected chi connectivity index (χ3v) is 6.34. The number of aryl methyl sites for hydroxylation is 1. The number of rotatable bonds is 8. The Labute approximate surface area is 193 Å². The van der Waals surface area contributed by atoms with Crippen LogP contribution in [0.25, 0.3) is 0 Å². The largest absolute Gasteiger partial charge is 0.367 e. The second kappa shape index (κ2) is 9.19. The first-order chi connectivity index (χ1) is 16.0. The number of imidazole rings is 1. The first-order valence-electron chi connectivity index (χ1n) is 11.5. The van der Waals surface area contributed by atoms with Gasteiger partial charge in [0, 0.05) is 37.7 Å². The van der Waals surface area contributed by atoms with Gasteiger partial charge >= 0.3 is 0 Å². The van der Waals surface area contributed by atoms with Crippen LogP contribution >= 0.6 is 0 Å². The van der Waals surface area contributed by atoms with E-state index in [1.54, 1.807) is 0 Å². The summed E-state index contributed by atoms with van der Waals surface area (Å²) >= 11 is 0. The van der Waals surface area contributed by atoms with E-state index in [0.717, 1.165) is 56.7 Å². The van der Waals surface area contributed by atoms with Crippen LogP contribution < -0.4 is 16.4 Å². The molecule has 1 aliphatic carbocycles. The quantitative estimate of drug-likeness (QED) is 0.487. The fourth-order valence-electron chi connectivity index (χ4n) is 4.32. The van der Waals surface area contributed by atoms with Crippen molar-refractivity contribution in [2.75, 3.05) is 23.7 Å². The topological polar surface area (TPSA) is 114 Å². The van der Waals surface area contributed by atoms with Crippen molar-refractivity contribution >= 4 is 23.4 Å². The lowest BCUT2D eigenvalue weighted by molar-refractivity contribution is 0.100. The Hall–Kier alpha value is -3.46. The predicted molar refractivity (Wildman–Crippen MR) is 127 cm³/mol. The number of primary amides is 1. The fraction of sp³-hybridized carbons (Fsp3) is 0.417. The van der Waals surface area contributed by atoms with E-state index in [-0.39, 0.29) is 0 Å². The van der Waals surface area contributed by atoms with E-state index in [4.69, 9.17) is 5.73 Å². The summed E-state index contributed by atoms with van der Waals surface area (Å²) in [6.45, 7) is 3.08. The van der Waals surface area contributed by atoms with Gasteiger partial charge < -0.3 is 20.9 Å². The van der Waals surface area contributed by atoms with Gasteiger partial charge in [0.25, 0.3) is 5.91 Å². The molecule has 4 N–H and O–H groups in total. The van der Waals surface area contributed by atoms with Crippen LogP contribution in [-0.2, 0) is 13.6 Å². The first kappa shape index (κ1) is 21.4. The van der Waals surface area contributed by atoms with Crippen molar-refractivity contribution in [3.8, 4) is 0 Å². The molecule has 172 valence electrons. The minimum Gasteiger partial charge on any atom is -0.367 e. The maximum atomic E-state index is 11.7. The third kappa shape index (κ3) is 5.31. The van der Waals surface area contributed by atoms with Crippen LogP contribution in [0.1, 0.15) is 53.2 Å². The number of anilines is 3. The van der Waals surface area contributed by atoms with Gasteiger partial charge in [0.1, 0.15) is 5.82 Å². The highest BCUT2D eigenvalue weighted by Gasteiger charge is 2.24. The number of hydrogen-bond donors (Lipinski definition) is 3. The molecule has 0 atom stereocenters. The summed E-state index contributed by atoms with van der Waals surface area (Å²) in [5.74, 6) is 0.981. The molecule has 2 aromatic heterocycles. The zero-order valence-electron chi connectivity index (χ0n) is 18.9. The number of piperidine rings is 1. The number of likely N-dealkylation sites (tertiary alicyclic amines) is 1. The Bertz CT molecular complexity index is 1110. The van der Waals surface area contributed by atoms with E-state index < -0.39 is 5.91 Å². The third-order valence-electron chi connectivity index (χ3n) is 6.34. The van der Waals surface area contributed by atoms with Crippen LogP contribution in [-0.4, -0.2) is 49.5 Å². The van der Waals surface area contributed by atoms with Crippen molar-refractivity contribution in [2.45, 2.75) is 44.2 Å². The molecule has 1 aliphatic heterocycles. The van der Waals surface area contributed by atoms with Gasteiger partial charge in [-0.3, -0.25) is 9.69 Å². The molecular weight excluding hydrogens is 416 g/mol. The van der Waals surface area contributed by atoms with Crippen molar-refractivity contribution in [2.24, 2.45) is 12.8 Å². The van der Waals surface area contributed by atoms with E-state index in [1.165, 1.54) is 11.8 Å². The van der Waals surface area contributed by atoms with Crippen LogP contribution in [0, 0.1) is 0 Å². The number of hydrogen-bond acceptors (Lipinski definition) is 7. The molecule has 2 aliphatic rings. The van der Waals surface area contributed by atoms with Crippen molar-refractivity contribution < 1.29 is 4.79 Å². The molecular formula is C24H30N8O. The maximum Gasteiger partial charge on any atom is 0.254 e. The monoisotopic (exact) mass is 446 g/mol. The van der Waals surface area contributed by atoms with Crippen LogP contribution in [0.2, 0.25) is 0 Å². The van der Waals surface area contributed by atoms with Crippen molar-refractivity contribution in [1.29, 1.82) is 0 Å². The molecule has 1 amide bonds. The highest BCUT2D eigenvalue weighted by molar-refractivity contribution is 5.97. The average Bonchev–Trinajstić information content (AvgIpc) is 3.53. The smallest absolute Gasteiger partial charge is 0.254 e. The summed E-state index contributed by atoms with van der Waals surface area (Å²) in [5.41, 5.74) is 9.18. The van der Waals surface area contributed by atoms with Gasteiger partial charge in [0.15, 0.2) is 0 Å². The number of benzene rings is 1. The molecule has 1 aromatic carbocycles. The Morgan fingerprint density at radius 1 is 1.12 bits per heavy atom. The molecule has 33 heavy (non-hydrogen) atoms. The number of nitrogens with zero attached hydrogens (tertiary/aromatic N) is 5. The number of carbonyl (C=O) groups is 1. The lowest BCUT2D eigenvalue weighted by Crippen LogP contribution is -2.32. The number of amides is 1. The Balaban J connectivity index is 1.18. The molecule has 0 radical (unpaired) electrons. The Morgan fingerprint density at radius 3 is 2.52 bits per heavy atom. The van der Waals surface area contributed by atoms with E-state index in [0.29, 0.717) is 29.3 Å². The van der Waals surface area contributed by atoms with Gasteiger partial charge in [-0.05, 0) is 62.4 Å². The van der Waals surface area contributed by atoms with Gasteiger partial charge in [-0.2, -0.15) is 4.98 Å². The highest BCUT2D eigenvalue weighted by atomic mass is 16.1. The van der Waals surface area contributed by atoms with Crippen LogP contribution in [0.3, 0.4) is 0 Å². The van der Waals surface area contributed by atoms with Gasteiger partial charge in [-0.25, -0.2) is 9.97 Å². The number of carbonyl (C=O) groups excluding carboxylic acids is 1. The van der Waals surface area contributed by atoms with Crippen LogP contribution in [0.4, 0.5) is 17.5 Å². The van der Waals surface area contributed by atoms with E-state index in [9.17, 15) is 4.79 Å². The zero-order chi connectivity index (χ0) is 22.8. The predicted octanol–water partition coefficient (Wildman–Crippen LogP) is 3.01. The highest BCUT2D eigenvalue weighted by Crippen LogP contribution is 2.30. The van der Waals surface area contributed by atoms with Crippen molar-refractivity contribution in [3.63, 3.8) is 0 Å². The zero-order valence-corrected chi connectivity index (χ0v) is 18.9. The average molecular weight is 447 g/mol. The summed E-state index contributed by atoms with van der Waals surface area (Å²) in [6.07, 6.45) is 9.88. The van der Waals surface area contributed by atoms with Crippen LogP contribution in [0.15, 0.2) is 43.0 Å². The van der Waals surface area contributed by atoms with Crippen molar-refractivity contribution in [3.05, 3.63) is 59.8 Å². The number of nitrogens with one attached hydrogen (secondary N) is 2. The van der Waals surface area contributed by atoms with E-state index >= 15 is 0 Å². The second-order valence-corrected chi connectivity index (χ2v) is 9.07. The Morgan fingerprint density at radius 2 is 1.88 bits per heavy atom. The standard InChI is InChI=1S/C24H30N8O/c1-31-13-20(27-15-31)14-32-10-8-17(9-11-32)16-2-4-19(5-3-16)29-24-26-12-21(22(25)33)23(30-24)28-18-6-7-18/h2-5,12-13,15,17-18H,6-11,14H2,1H3,(H2,25,33)(H2,26,28,29,30). The van der Waals surface area contributed by atoms with Gasteiger partial charge in [-0.1, -0.05) is 12.1 Å². The summed E-state index contributed by atoms with van der Waals surface area (Å²) in [4.78, 5) is 27.3. The molecule has 0 bridgehead atoms. The minimum absolute atomic E-state index is 0.317.